The Balaban J connectivity index is 3.27. The molecule has 1 rings (SSSR count). The molecule has 0 aromatic heterocycles. The van der Waals surface area contributed by atoms with E-state index in [2.05, 4.69) is 51.8 Å². The molecule has 1 aliphatic rings. The fourth-order valence-corrected chi connectivity index (χ4v) is 2.50. The molecule has 2 unspecified atom stereocenters. The molecule has 0 aromatic carbocycles. The molecule has 0 fully saturated rings. The standard InChI is InChI=1S/C17H27NO/c1-8-15(5)18-16(6)14(4)11-13(3)12(2)9-10-17(18)19-7/h8,11,15,17H,1-2,9-10H2,3-7H3/b13-11-,16-14+. The van der Waals surface area contributed by atoms with Crippen LogP contribution in [0.1, 0.15) is 40.5 Å². The van der Waals surface area contributed by atoms with E-state index in [4.69, 9.17) is 4.74 Å². The molecule has 0 N–H and O–H groups in total. The predicted octanol–water partition coefficient (Wildman–Crippen LogP) is 4.43. The SMILES string of the molecule is C=CC(C)N1/C(C)=C(C)/C=C(/C)C(=C)CCC1OC. The van der Waals surface area contributed by atoms with Gasteiger partial charge in [0.25, 0.3) is 0 Å². The largest absolute Gasteiger partial charge is 0.362 e. The lowest BCUT2D eigenvalue weighted by molar-refractivity contribution is -0.0277. The lowest BCUT2D eigenvalue weighted by Crippen LogP contribution is -2.41. The van der Waals surface area contributed by atoms with Crippen LogP contribution in [0.2, 0.25) is 0 Å². The van der Waals surface area contributed by atoms with E-state index >= 15 is 0 Å². The van der Waals surface area contributed by atoms with E-state index in [1.54, 1.807) is 7.11 Å². The highest BCUT2D eigenvalue weighted by Gasteiger charge is 2.24. The van der Waals surface area contributed by atoms with Crippen LogP contribution in [0.25, 0.3) is 0 Å². The zero-order valence-corrected chi connectivity index (χ0v) is 13.0. The molecule has 0 aliphatic carbocycles. The normalized spacial score (nSPS) is 29.9. The highest BCUT2D eigenvalue weighted by molar-refractivity contribution is 5.36. The molecule has 0 bridgehead atoms. The first-order chi connectivity index (χ1) is 8.92. The Labute approximate surface area is 118 Å². The van der Waals surface area contributed by atoms with Crippen LogP contribution in [0.4, 0.5) is 0 Å². The van der Waals surface area contributed by atoms with E-state index in [-0.39, 0.29) is 12.3 Å². The van der Waals surface area contributed by atoms with Gasteiger partial charge in [0, 0.05) is 18.8 Å². The molecule has 0 saturated carbocycles. The highest BCUT2D eigenvalue weighted by Crippen LogP contribution is 2.27. The van der Waals surface area contributed by atoms with E-state index in [1.807, 2.05) is 6.08 Å². The van der Waals surface area contributed by atoms with Gasteiger partial charge in [0.15, 0.2) is 0 Å². The van der Waals surface area contributed by atoms with Crippen LogP contribution >= 0.6 is 0 Å². The van der Waals surface area contributed by atoms with Crippen molar-refractivity contribution in [1.29, 1.82) is 0 Å². The van der Waals surface area contributed by atoms with Crippen molar-refractivity contribution in [3.05, 3.63) is 47.7 Å². The van der Waals surface area contributed by atoms with Crippen LogP contribution in [0.3, 0.4) is 0 Å². The van der Waals surface area contributed by atoms with Crippen molar-refractivity contribution in [2.45, 2.75) is 52.8 Å². The van der Waals surface area contributed by atoms with Gasteiger partial charge < -0.3 is 9.64 Å². The third-order valence-corrected chi connectivity index (χ3v) is 4.00. The molecule has 0 saturated heterocycles. The fourth-order valence-electron chi connectivity index (χ4n) is 2.50. The zero-order chi connectivity index (χ0) is 14.6. The summed E-state index contributed by atoms with van der Waals surface area (Å²) in [5.74, 6) is 0. The van der Waals surface area contributed by atoms with Gasteiger partial charge in [-0.05, 0) is 51.7 Å². The van der Waals surface area contributed by atoms with Crippen LogP contribution in [0, 0.1) is 0 Å². The maximum Gasteiger partial charge on any atom is 0.130 e. The van der Waals surface area contributed by atoms with E-state index < -0.39 is 0 Å². The Bertz CT molecular complexity index is 417. The molecule has 0 radical (unpaired) electrons. The van der Waals surface area contributed by atoms with Gasteiger partial charge in [-0.25, -0.2) is 0 Å². The Hall–Kier alpha value is -1.28. The maximum absolute atomic E-state index is 5.70. The number of hydrogen-bond donors (Lipinski definition) is 0. The molecule has 2 atom stereocenters. The van der Waals surface area contributed by atoms with Crippen LogP contribution in [0.15, 0.2) is 47.7 Å². The summed E-state index contributed by atoms with van der Waals surface area (Å²) in [6, 6.07) is 0.250. The zero-order valence-electron chi connectivity index (χ0n) is 13.0. The van der Waals surface area contributed by atoms with Crippen LogP contribution in [-0.2, 0) is 4.74 Å². The molecule has 1 heterocycles. The number of ether oxygens (including phenoxy) is 1. The van der Waals surface area contributed by atoms with Crippen molar-refractivity contribution in [3.63, 3.8) is 0 Å². The smallest absolute Gasteiger partial charge is 0.130 e. The molecular formula is C17H27NO. The third-order valence-electron chi connectivity index (χ3n) is 4.00. The molecule has 106 valence electrons. The molecule has 0 spiro atoms. The molecular weight excluding hydrogens is 234 g/mol. The summed E-state index contributed by atoms with van der Waals surface area (Å²) in [4.78, 5) is 2.31. The van der Waals surface area contributed by atoms with E-state index in [0.29, 0.717) is 0 Å². The minimum atomic E-state index is 0.0685. The van der Waals surface area contributed by atoms with Crippen molar-refractivity contribution in [2.75, 3.05) is 7.11 Å². The first kappa shape index (κ1) is 15.8. The minimum absolute atomic E-state index is 0.0685. The predicted molar refractivity (Wildman–Crippen MR) is 82.8 cm³/mol. The van der Waals surface area contributed by atoms with Crippen LogP contribution in [-0.4, -0.2) is 24.3 Å². The lowest BCUT2D eigenvalue weighted by atomic mass is 10.0. The van der Waals surface area contributed by atoms with Gasteiger partial charge in [-0.2, -0.15) is 0 Å². The van der Waals surface area contributed by atoms with Crippen molar-refractivity contribution >= 4 is 0 Å². The average molecular weight is 261 g/mol. The highest BCUT2D eigenvalue weighted by atomic mass is 16.5. The average Bonchev–Trinajstić information content (AvgIpc) is 2.43. The molecule has 2 nitrogen and oxygen atoms in total. The molecule has 2 heteroatoms. The summed E-state index contributed by atoms with van der Waals surface area (Å²) in [5, 5.41) is 0. The Morgan fingerprint density at radius 1 is 1.42 bits per heavy atom. The van der Waals surface area contributed by atoms with Gasteiger partial charge in [0.1, 0.15) is 6.23 Å². The summed E-state index contributed by atoms with van der Waals surface area (Å²) in [6.45, 7) is 16.7. The summed E-state index contributed by atoms with van der Waals surface area (Å²) in [7, 11) is 1.77. The van der Waals surface area contributed by atoms with Gasteiger partial charge in [-0.15, -0.1) is 6.58 Å². The minimum Gasteiger partial charge on any atom is -0.362 e. The summed E-state index contributed by atoms with van der Waals surface area (Å²) in [6.07, 6.45) is 6.16. The fraction of sp³-hybridized carbons (Fsp3) is 0.529. The number of hydrogen-bond acceptors (Lipinski definition) is 2. The second-order valence-corrected chi connectivity index (χ2v) is 5.31. The van der Waals surface area contributed by atoms with Crippen molar-refractivity contribution < 1.29 is 4.74 Å². The second kappa shape index (κ2) is 6.76. The van der Waals surface area contributed by atoms with Gasteiger partial charge in [-0.3, -0.25) is 0 Å². The Morgan fingerprint density at radius 2 is 2.05 bits per heavy atom. The quantitative estimate of drug-likeness (QED) is 0.697. The first-order valence-corrected chi connectivity index (χ1v) is 6.90. The maximum atomic E-state index is 5.70. The first-order valence-electron chi connectivity index (χ1n) is 6.90. The topological polar surface area (TPSA) is 12.5 Å². The van der Waals surface area contributed by atoms with Crippen molar-refractivity contribution in [3.8, 4) is 0 Å². The van der Waals surface area contributed by atoms with Gasteiger partial charge in [0.2, 0.25) is 0 Å². The Kier molecular flexibility index (Phi) is 5.61. The van der Waals surface area contributed by atoms with E-state index in [1.165, 1.54) is 22.4 Å². The van der Waals surface area contributed by atoms with Crippen LogP contribution in [0.5, 0.6) is 0 Å². The number of allylic oxidation sites excluding steroid dienone is 5. The monoisotopic (exact) mass is 261 g/mol. The van der Waals surface area contributed by atoms with E-state index in [0.717, 1.165) is 12.8 Å². The van der Waals surface area contributed by atoms with Crippen LogP contribution < -0.4 is 0 Å². The number of rotatable bonds is 3. The summed E-state index contributed by atoms with van der Waals surface area (Å²) < 4.78 is 5.70. The number of nitrogens with zero attached hydrogens (tertiary/aromatic N) is 1. The van der Waals surface area contributed by atoms with Crippen molar-refractivity contribution in [2.24, 2.45) is 0 Å². The summed E-state index contributed by atoms with van der Waals surface area (Å²) in [5.41, 5.74) is 4.96. The molecule has 0 amide bonds. The molecule has 19 heavy (non-hydrogen) atoms. The van der Waals surface area contributed by atoms with Gasteiger partial charge >= 0.3 is 0 Å². The lowest BCUT2D eigenvalue weighted by Gasteiger charge is -2.37. The number of methoxy groups -OCH3 is 1. The second-order valence-electron chi connectivity index (χ2n) is 5.31. The van der Waals surface area contributed by atoms with Crippen molar-refractivity contribution in [1.82, 2.24) is 4.90 Å². The molecule has 1 aliphatic heterocycles. The Morgan fingerprint density at radius 3 is 2.58 bits per heavy atom. The van der Waals surface area contributed by atoms with Gasteiger partial charge in [-0.1, -0.05) is 24.3 Å². The third kappa shape index (κ3) is 3.60. The molecule has 0 aromatic rings. The van der Waals surface area contributed by atoms with E-state index in [9.17, 15) is 0 Å². The van der Waals surface area contributed by atoms with Gasteiger partial charge in [0.05, 0.1) is 0 Å². The summed E-state index contributed by atoms with van der Waals surface area (Å²) >= 11 is 0.